The van der Waals surface area contributed by atoms with Crippen LogP contribution >= 0.6 is 0 Å². The molecular formula is C11H15NO3S. The number of sulfone groups is 1. The SMILES string of the molecule is Cc1cccnc1C(=O)CCCS(C)(=O)=O. The lowest BCUT2D eigenvalue weighted by Gasteiger charge is -2.02. The molecule has 16 heavy (non-hydrogen) atoms. The second-order valence-electron chi connectivity index (χ2n) is 3.83. The summed E-state index contributed by atoms with van der Waals surface area (Å²) in [6.07, 6.45) is 3.32. The number of hydrogen-bond donors (Lipinski definition) is 0. The minimum Gasteiger partial charge on any atom is -0.292 e. The molecule has 1 aromatic rings. The molecule has 0 saturated heterocycles. The van der Waals surface area contributed by atoms with Crippen molar-refractivity contribution in [2.45, 2.75) is 19.8 Å². The fourth-order valence-corrected chi connectivity index (χ4v) is 2.06. The van der Waals surface area contributed by atoms with E-state index in [1.807, 2.05) is 13.0 Å². The third-order valence-electron chi connectivity index (χ3n) is 2.19. The van der Waals surface area contributed by atoms with Crippen LogP contribution in [-0.4, -0.2) is 31.2 Å². The summed E-state index contributed by atoms with van der Waals surface area (Å²) in [5, 5.41) is 0. The van der Waals surface area contributed by atoms with Crippen molar-refractivity contribution in [3.8, 4) is 0 Å². The summed E-state index contributed by atoms with van der Waals surface area (Å²) >= 11 is 0. The number of rotatable bonds is 5. The number of Topliss-reactive ketones (excluding diaryl/α,β-unsaturated/α-hetero) is 1. The van der Waals surface area contributed by atoms with Gasteiger partial charge < -0.3 is 0 Å². The molecule has 0 aliphatic carbocycles. The molecule has 5 heteroatoms. The van der Waals surface area contributed by atoms with E-state index in [-0.39, 0.29) is 18.0 Å². The highest BCUT2D eigenvalue weighted by atomic mass is 32.2. The van der Waals surface area contributed by atoms with Crippen molar-refractivity contribution in [3.63, 3.8) is 0 Å². The van der Waals surface area contributed by atoms with Crippen molar-refractivity contribution in [2.24, 2.45) is 0 Å². The van der Waals surface area contributed by atoms with Crippen molar-refractivity contribution in [2.75, 3.05) is 12.0 Å². The van der Waals surface area contributed by atoms with Gasteiger partial charge in [0.1, 0.15) is 15.5 Å². The van der Waals surface area contributed by atoms with Gasteiger partial charge in [-0.05, 0) is 25.0 Å². The Balaban J connectivity index is 2.57. The standard InChI is InChI=1S/C11H15NO3S/c1-9-5-3-7-12-11(9)10(13)6-4-8-16(2,14)15/h3,5,7H,4,6,8H2,1-2H3. The fourth-order valence-electron chi connectivity index (χ4n) is 1.39. The Morgan fingerprint density at radius 3 is 2.69 bits per heavy atom. The highest BCUT2D eigenvalue weighted by molar-refractivity contribution is 7.90. The molecule has 1 heterocycles. The van der Waals surface area contributed by atoms with Crippen LogP contribution in [0.5, 0.6) is 0 Å². The Kier molecular flexibility index (Phi) is 4.18. The maximum Gasteiger partial charge on any atom is 0.181 e. The number of carbonyl (C=O) groups is 1. The predicted octanol–water partition coefficient (Wildman–Crippen LogP) is 1.40. The number of pyridine rings is 1. The van der Waals surface area contributed by atoms with E-state index in [1.54, 1.807) is 12.3 Å². The molecule has 0 aromatic carbocycles. The summed E-state index contributed by atoms with van der Waals surface area (Å²) in [6.45, 7) is 1.82. The molecule has 0 saturated carbocycles. The summed E-state index contributed by atoms with van der Waals surface area (Å²) < 4.78 is 21.8. The monoisotopic (exact) mass is 241 g/mol. The van der Waals surface area contributed by atoms with E-state index in [2.05, 4.69) is 4.98 Å². The van der Waals surface area contributed by atoms with E-state index in [1.165, 1.54) is 6.26 Å². The van der Waals surface area contributed by atoms with E-state index in [0.717, 1.165) is 5.56 Å². The van der Waals surface area contributed by atoms with Crippen LogP contribution < -0.4 is 0 Å². The van der Waals surface area contributed by atoms with Gasteiger partial charge in [0.15, 0.2) is 5.78 Å². The molecule has 0 aliphatic rings. The maximum absolute atomic E-state index is 11.7. The van der Waals surface area contributed by atoms with Crippen LogP contribution in [-0.2, 0) is 9.84 Å². The van der Waals surface area contributed by atoms with Gasteiger partial charge in [0.2, 0.25) is 0 Å². The van der Waals surface area contributed by atoms with Crippen LogP contribution in [0.2, 0.25) is 0 Å². The van der Waals surface area contributed by atoms with Crippen LogP contribution in [0.15, 0.2) is 18.3 Å². The van der Waals surface area contributed by atoms with Crippen LogP contribution in [0.4, 0.5) is 0 Å². The van der Waals surface area contributed by atoms with Crippen molar-refractivity contribution in [3.05, 3.63) is 29.6 Å². The van der Waals surface area contributed by atoms with Crippen molar-refractivity contribution in [1.82, 2.24) is 4.98 Å². The van der Waals surface area contributed by atoms with Crippen LogP contribution in [0.1, 0.15) is 28.9 Å². The van der Waals surface area contributed by atoms with E-state index in [4.69, 9.17) is 0 Å². The van der Waals surface area contributed by atoms with Crippen molar-refractivity contribution >= 4 is 15.6 Å². The Morgan fingerprint density at radius 1 is 1.44 bits per heavy atom. The molecule has 1 aromatic heterocycles. The average Bonchev–Trinajstić information content (AvgIpc) is 2.16. The smallest absolute Gasteiger partial charge is 0.181 e. The predicted molar refractivity (Wildman–Crippen MR) is 62.2 cm³/mol. The minimum atomic E-state index is -2.98. The molecule has 0 N–H and O–H groups in total. The van der Waals surface area contributed by atoms with E-state index < -0.39 is 9.84 Å². The third kappa shape index (κ3) is 4.10. The lowest BCUT2D eigenvalue weighted by atomic mass is 10.1. The number of hydrogen-bond acceptors (Lipinski definition) is 4. The zero-order valence-electron chi connectivity index (χ0n) is 9.43. The molecule has 1 rings (SSSR count). The molecular weight excluding hydrogens is 226 g/mol. The minimum absolute atomic E-state index is 0.0463. The molecule has 4 nitrogen and oxygen atoms in total. The Hall–Kier alpha value is -1.23. The molecule has 0 atom stereocenters. The fraction of sp³-hybridized carbons (Fsp3) is 0.455. The van der Waals surface area contributed by atoms with Gasteiger partial charge in [0.25, 0.3) is 0 Å². The third-order valence-corrected chi connectivity index (χ3v) is 3.22. The largest absolute Gasteiger partial charge is 0.292 e. The first kappa shape index (κ1) is 12.8. The van der Waals surface area contributed by atoms with Gasteiger partial charge >= 0.3 is 0 Å². The summed E-state index contributed by atoms with van der Waals surface area (Å²) in [5.74, 6) is -0.0494. The summed E-state index contributed by atoms with van der Waals surface area (Å²) in [6, 6.07) is 3.58. The van der Waals surface area contributed by atoms with Crippen molar-refractivity contribution in [1.29, 1.82) is 0 Å². The van der Waals surface area contributed by atoms with Gasteiger partial charge in [0, 0.05) is 18.9 Å². The molecule has 0 amide bonds. The number of aryl methyl sites for hydroxylation is 1. The number of nitrogens with zero attached hydrogens (tertiary/aromatic N) is 1. The Bertz CT molecular complexity index is 480. The molecule has 0 radical (unpaired) electrons. The zero-order chi connectivity index (χ0) is 12.2. The van der Waals surface area contributed by atoms with E-state index in [9.17, 15) is 13.2 Å². The van der Waals surface area contributed by atoms with E-state index in [0.29, 0.717) is 12.1 Å². The average molecular weight is 241 g/mol. The zero-order valence-corrected chi connectivity index (χ0v) is 10.3. The first-order valence-corrected chi connectivity index (χ1v) is 7.09. The van der Waals surface area contributed by atoms with Crippen molar-refractivity contribution < 1.29 is 13.2 Å². The highest BCUT2D eigenvalue weighted by Gasteiger charge is 2.11. The van der Waals surface area contributed by atoms with E-state index >= 15 is 0 Å². The highest BCUT2D eigenvalue weighted by Crippen LogP contribution is 2.08. The number of ketones is 1. The van der Waals surface area contributed by atoms with Gasteiger partial charge in [-0.25, -0.2) is 8.42 Å². The lowest BCUT2D eigenvalue weighted by Crippen LogP contribution is -2.08. The van der Waals surface area contributed by atoms with Gasteiger partial charge in [0.05, 0.1) is 5.75 Å². The number of aromatic nitrogens is 1. The van der Waals surface area contributed by atoms with Crippen LogP contribution in [0, 0.1) is 6.92 Å². The first-order chi connectivity index (χ1) is 7.40. The molecule has 0 fully saturated rings. The number of carbonyl (C=O) groups excluding carboxylic acids is 1. The van der Waals surface area contributed by atoms with Gasteiger partial charge in [-0.2, -0.15) is 0 Å². The lowest BCUT2D eigenvalue weighted by molar-refractivity contribution is 0.0976. The van der Waals surface area contributed by atoms with Gasteiger partial charge in [-0.3, -0.25) is 9.78 Å². The molecule has 0 spiro atoms. The Labute approximate surface area is 95.6 Å². The summed E-state index contributed by atoms with van der Waals surface area (Å²) in [4.78, 5) is 15.7. The Morgan fingerprint density at radius 2 is 2.12 bits per heavy atom. The normalized spacial score (nSPS) is 11.4. The molecule has 0 bridgehead atoms. The summed E-state index contributed by atoms with van der Waals surface area (Å²) in [7, 11) is -2.98. The van der Waals surface area contributed by atoms with Crippen LogP contribution in [0.25, 0.3) is 0 Å². The molecule has 0 unspecified atom stereocenters. The topological polar surface area (TPSA) is 64.1 Å². The first-order valence-electron chi connectivity index (χ1n) is 5.03. The van der Waals surface area contributed by atoms with Gasteiger partial charge in [-0.1, -0.05) is 6.07 Å². The van der Waals surface area contributed by atoms with Crippen LogP contribution in [0.3, 0.4) is 0 Å². The second-order valence-corrected chi connectivity index (χ2v) is 6.09. The summed E-state index contributed by atoms with van der Waals surface area (Å²) in [5.41, 5.74) is 1.27. The quantitative estimate of drug-likeness (QED) is 0.731. The second kappa shape index (κ2) is 5.21. The van der Waals surface area contributed by atoms with Gasteiger partial charge in [-0.15, -0.1) is 0 Å². The maximum atomic E-state index is 11.7. The molecule has 88 valence electrons. The molecule has 0 aliphatic heterocycles.